The van der Waals surface area contributed by atoms with Gasteiger partial charge in [-0.25, -0.2) is 9.78 Å². The fourth-order valence-electron chi connectivity index (χ4n) is 7.89. The Morgan fingerprint density at radius 2 is 1.83 bits per heavy atom. The van der Waals surface area contributed by atoms with E-state index in [1.807, 2.05) is 6.92 Å². The van der Waals surface area contributed by atoms with E-state index in [0.29, 0.717) is 18.8 Å². The Labute approximate surface area is 243 Å². The van der Waals surface area contributed by atoms with Crippen LogP contribution in [0.2, 0.25) is 0 Å². The third-order valence-corrected chi connectivity index (χ3v) is 10.3. The first kappa shape index (κ1) is 31.5. The van der Waals surface area contributed by atoms with E-state index in [2.05, 4.69) is 13.8 Å². The first-order chi connectivity index (χ1) is 19.4. The van der Waals surface area contributed by atoms with Crippen LogP contribution in [0, 0.1) is 23.7 Å². The number of carbonyl (C=O) groups excluding carboxylic acids is 1. The van der Waals surface area contributed by atoms with Crippen molar-refractivity contribution in [1.82, 2.24) is 0 Å². The van der Waals surface area contributed by atoms with Gasteiger partial charge in [-0.3, -0.25) is 4.79 Å². The van der Waals surface area contributed by atoms with Crippen LogP contribution in [-0.4, -0.2) is 82.1 Å². The van der Waals surface area contributed by atoms with E-state index in [1.165, 1.54) is 0 Å². The summed E-state index contributed by atoms with van der Waals surface area (Å²) in [5.41, 5.74) is -0.691. The van der Waals surface area contributed by atoms with Crippen LogP contribution in [0.3, 0.4) is 0 Å². The maximum Gasteiger partial charge on any atom is 0.308 e. The zero-order valence-electron chi connectivity index (χ0n) is 25.2. The molecule has 6 aliphatic rings. The van der Waals surface area contributed by atoms with Crippen molar-refractivity contribution >= 4 is 5.97 Å². The lowest BCUT2D eigenvalue weighted by atomic mass is 9.57. The van der Waals surface area contributed by atoms with Crippen LogP contribution in [0.25, 0.3) is 0 Å². The van der Waals surface area contributed by atoms with Gasteiger partial charge in [0.2, 0.25) is 5.79 Å². The van der Waals surface area contributed by atoms with Crippen LogP contribution in [0.4, 0.5) is 0 Å². The molecule has 5 heterocycles. The zero-order chi connectivity index (χ0) is 29.6. The minimum atomic E-state index is -2.18. The summed E-state index contributed by atoms with van der Waals surface area (Å²) in [5, 5.41) is 30.6. The van der Waals surface area contributed by atoms with Crippen LogP contribution in [0.1, 0.15) is 98.8 Å². The highest BCUT2D eigenvalue weighted by molar-refractivity contribution is 5.70. The minimum Gasteiger partial charge on any atom is -0.459 e. The molecule has 5 aliphatic heterocycles. The van der Waals surface area contributed by atoms with E-state index in [1.54, 1.807) is 13.8 Å². The van der Waals surface area contributed by atoms with Gasteiger partial charge in [-0.1, -0.05) is 26.7 Å². The molecule has 2 bridgehead atoms. The molecule has 6 fully saturated rings. The van der Waals surface area contributed by atoms with Crippen molar-refractivity contribution in [2.45, 2.75) is 153 Å². The van der Waals surface area contributed by atoms with Crippen LogP contribution >= 0.6 is 0 Å². The van der Waals surface area contributed by atoms with E-state index < -0.39 is 54.0 Å². The summed E-state index contributed by atoms with van der Waals surface area (Å²) < 4.78 is 30.1. The molecule has 13 atom stereocenters. The standard InChI is InChI=1S/C30H50O11/c1-17-10-11-22-19(3)23(36-27-29(22)21(17)12-13-28(5,39-27)40-41-29)16-26(33)35-24-15-25(32)30(34,38-20(24)4)37-18(2)9-7-6-8-14-31/h17-25,27,31-32,34H,6-16H2,1-5H3/t17-,18-,19-,20+,21+,22+,23-,24-,25-,27-,28-,29-,30-/m1/s1. The second kappa shape index (κ2) is 12.2. The average Bonchev–Trinajstić information content (AvgIpc) is 3.14. The Balaban J connectivity index is 1.18. The molecule has 3 N–H and O–H groups in total. The number of unbranched alkanes of at least 4 members (excludes halogenated alkanes) is 2. The summed E-state index contributed by atoms with van der Waals surface area (Å²) in [6.45, 7) is 9.87. The molecule has 0 amide bonds. The fraction of sp³-hybridized carbons (Fsp3) is 0.967. The number of aliphatic hydroxyl groups excluding tert-OH is 2. The third kappa shape index (κ3) is 6.08. The van der Waals surface area contributed by atoms with E-state index in [9.17, 15) is 15.0 Å². The third-order valence-electron chi connectivity index (χ3n) is 10.3. The second-order valence-corrected chi connectivity index (χ2v) is 13.4. The summed E-state index contributed by atoms with van der Waals surface area (Å²) >= 11 is 0. The molecule has 0 radical (unpaired) electrons. The number of hydrogen-bond donors (Lipinski definition) is 3. The molecule has 0 aromatic rings. The van der Waals surface area contributed by atoms with Crippen molar-refractivity contribution in [3.05, 3.63) is 0 Å². The lowest BCUT2D eigenvalue weighted by Gasteiger charge is -2.60. The summed E-state index contributed by atoms with van der Waals surface area (Å²) in [4.78, 5) is 25.3. The molecule has 11 heteroatoms. The highest BCUT2D eigenvalue weighted by Gasteiger charge is 2.69. The van der Waals surface area contributed by atoms with Gasteiger partial charge in [0.05, 0.1) is 24.7 Å². The number of carbonyl (C=O) groups is 1. The summed E-state index contributed by atoms with van der Waals surface area (Å²) in [6.07, 6.45) is 2.41. The normalized spacial score (nSPS) is 48.2. The van der Waals surface area contributed by atoms with Gasteiger partial charge in [-0.15, -0.1) is 0 Å². The Bertz CT molecular complexity index is 919. The number of aliphatic hydroxyl groups is 3. The lowest BCUT2D eigenvalue weighted by molar-refractivity contribution is -0.571. The number of hydrogen-bond acceptors (Lipinski definition) is 11. The van der Waals surface area contributed by atoms with Crippen molar-refractivity contribution in [1.29, 1.82) is 0 Å². The maximum atomic E-state index is 13.2. The highest BCUT2D eigenvalue weighted by atomic mass is 17.3. The number of rotatable bonds is 10. The van der Waals surface area contributed by atoms with E-state index in [0.717, 1.165) is 38.5 Å². The number of esters is 1. The molecule has 5 saturated heterocycles. The fourth-order valence-corrected chi connectivity index (χ4v) is 7.89. The topological polar surface area (TPSA) is 142 Å². The van der Waals surface area contributed by atoms with Crippen molar-refractivity contribution < 1.29 is 53.6 Å². The van der Waals surface area contributed by atoms with Crippen molar-refractivity contribution in [3.63, 3.8) is 0 Å². The van der Waals surface area contributed by atoms with Gasteiger partial charge in [-0.05, 0) is 70.6 Å². The molecular weight excluding hydrogens is 536 g/mol. The summed E-state index contributed by atoms with van der Waals surface area (Å²) in [5.74, 6) is -2.71. The maximum absolute atomic E-state index is 13.2. The molecule has 0 unspecified atom stereocenters. The first-order valence-electron chi connectivity index (χ1n) is 15.7. The average molecular weight is 587 g/mol. The molecule has 6 rings (SSSR count). The van der Waals surface area contributed by atoms with Gasteiger partial charge in [0.1, 0.15) is 12.2 Å². The van der Waals surface area contributed by atoms with Gasteiger partial charge in [-0.2, -0.15) is 0 Å². The van der Waals surface area contributed by atoms with Crippen molar-refractivity contribution in [3.8, 4) is 0 Å². The predicted octanol–water partition coefficient (Wildman–Crippen LogP) is 3.31. The zero-order valence-corrected chi connectivity index (χ0v) is 25.2. The predicted molar refractivity (Wildman–Crippen MR) is 144 cm³/mol. The SMILES string of the molecule is C[C@H]1[C@@H](CC(=O)O[C@@H]2C[C@@H](O)[C@@](O)(O[C@H](C)CCCCCO)O[C@H]2C)O[C@@H]2O[C@@]3(C)CC[C@H]4[C@H](C)CC[C@@H]1[C@@]24OO3. The van der Waals surface area contributed by atoms with E-state index in [4.69, 9.17) is 38.6 Å². The molecule has 1 spiro atoms. The molecule has 236 valence electrons. The van der Waals surface area contributed by atoms with Gasteiger partial charge in [0.15, 0.2) is 11.9 Å². The second-order valence-electron chi connectivity index (χ2n) is 13.4. The number of fused-ring (bicyclic) bond motifs is 2. The first-order valence-corrected chi connectivity index (χ1v) is 15.7. The molecule has 0 aromatic carbocycles. The van der Waals surface area contributed by atoms with Crippen molar-refractivity contribution in [2.24, 2.45) is 23.7 Å². The van der Waals surface area contributed by atoms with Crippen LogP contribution in [0.5, 0.6) is 0 Å². The van der Waals surface area contributed by atoms with Gasteiger partial charge < -0.3 is 39.0 Å². The summed E-state index contributed by atoms with van der Waals surface area (Å²) in [7, 11) is 0. The monoisotopic (exact) mass is 586 g/mol. The van der Waals surface area contributed by atoms with Crippen molar-refractivity contribution in [2.75, 3.05) is 6.61 Å². The molecule has 1 aliphatic carbocycles. The Morgan fingerprint density at radius 3 is 2.59 bits per heavy atom. The molecule has 0 aromatic heterocycles. The Morgan fingerprint density at radius 1 is 1.05 bits per heavy atom. The van der Waals surface area contributed by atoms with Crippen LogP contribution < -0.4 is 0 Å². The highest BCUT2D eigenvalue weighted by Crippen LogP contribution is 2.60. The van der Waals surface area contributed by atoms with Gasteiger partial charge >= 0.3 is 11.9 Å². The lowest BCUT2D eigenvalue weighted by Crippen LogP contribution is -2.70. The number of ether oxygens (including phenoxy) is 5. The largest absolute Gasteiger partial charge is 0.459 e. The Hall–Kier alpha value is -0.890. The molecule has 11 nitrogen and oxygen atoms in total. The van der Waals surface area contributed by atoms with E-state index in [-0.39, 0.29) is 43.3 Å². The van der Waals surface area contributed by atoms with Gasteiger partial charge in [0, 0.05) is 25.4 Å². The Kier molecular flexibility index (Phi) is 9.42. The molecular formula is C30H50O11. The summed E-state index contributed by atoms with van der Waals surface area (Å²) in [6, 6.07) is 0. The van der Waals surface area contributed by atoms with Gasteiger partial charge in [0.25, 0.3) is 0 Å². The quantitative estimate of drug-likeness (QED) is 0.150. The molecule has 1 saturated carbocycles. The van der Waals surface area contributed by atoms with Crippen LogP contribution in [-0.2, 0) is 38.3 Å². The smallest absolute Gasteiger partial charge is 0.308 e. The molecule has 41 heavy (non-hydrogen) atoms. The van der Waals surface area contributed by atoms with E-state index >= 15 is 0 Å². The van der Waals surface area contributed by atoms with Crippen LogP contribution in [0.15, 0.2) is 0 Å². The minimum absolute atomic E-state index is 0.00596.